The Morgan fingerprint density at radius 2 is 1.90 bits per heavy atom. The van der Waals surface area contributed by atoms with E-state index in [1.165, 1.54) is 6.33 Å². The molecule has 39 heavy (non-hydrogen) atoms. The summed E-state index contributed by atoms with van der Waals surface area (Å²) in [6, 6.07) is 16.2. The van der Waals surface area contributed by atoms with E-state index < -0.39 is 5.92 Å². The molecular weight excluding hydrogens is 520 g/mol. The van der Waals surface area contributed by atoms with Gasteiger partial charge in [0.1, 0.15) is 17.9 Å². The van der Waals surface area contributed by atoms with Crippen molar-refractivity contribution in [1.82, 2.24) is 29.5 Å². The molecule has 1 aliphatic heterocycles. The number of nitrogens with zero attached hydrogens (tertiary/aromatic N) is 7. The van der Waals surface area contributed by atoms with E-state index in [4.69, 9.17) is 16.3 Å². The molecule has 4 heterocycles. The second kappa shape index (κ2) is 9.84. The number of rotatable bonds is 6. The number of carbonyl (C=O) groups is 2. The number of hydrogen-bond donors (Lipinski definition) is 1. The van der Waals surface area contributed by atoms with Crippen molar-refractivity contribution in [1.29, 1.82) is 0 Å². The predicted octanol–water partition coefficient (Wildman–Crippen LogP) is 3.96. The van der Waals surface area contributed by atoms with Crippen molar-refractivity contribution >= 4 is 46.0 Å². The third-order valence-corrected chi connectivity index (χ3v) is 6.80. The van der Waals surface area contributed by atoms with Gasteiger partial charge in [-0.25, -0.2) is 14.6 Å². The Morgan fingerprint density at radius 1 is 1.08 bits per heavy atom. The molecule has 12 heteroatoms. The SMILES string of the molecule is COc1ccc(N2CC(C(=O)Nc3cc(C)nn3-c3ncnc4c3cnn4-c3cccc(Cl)c3)CC2=O)cc1. The Labute approximate surface area is 228 Å². The highest BCUT2D eigenvalue weighted by Gasteiger charge is 2.35. The molecule has 2 aromatic carbocycles. The maximum atomic E-state index is 13.3. The third-order valence-electron chi connectivity index (χ3n) is 6.56. The highest BCUT2D eigenvalue weighted by Crippen LogP contribution is 2.29. The van der Waals surface area contributed by atoms with E-state index in [2.05, 4.69) is 25.5 Å². The number of aromatic nitrogens is 6. The Bertz CT molecular complexity index is 1710. The molecule has 0 saturated carbocycles. The van der Waals surface area contributed by atoms with Crippen LogP contribution in [0.4, 0.5) is 11.5 Å². The standard InChI is InChI=1S/C27H23ClN8O3/c1-16-10-23(32-27(38)17-11-24(37)34(14-17)19-6-8-21(39-2)9-7-19)36(33-16)26-22-13-31-35(25(22)29-15-30-26)20-5-3-4-18(28)12-20/h3-10,12-13,15,17H,11,14H2,1-2H3,(H,32,38). The molecule has 0 bridgehead atoms. The summed E-state index contributed by atoms with van der Waals surface area (Å²) in [6.07, 6.45) is 3.18. The number of fused-ring (bicyclic) bond motifs is 1. The minimum atomic E-state index is -0.528. The van der Waals surface area contributed by atoms with Gasteiger partial charge in [0.15, 0.2) is 11.5 Å². The van der Waals surface area contributed by atoms with Gasteiger partial charge < -0.3 is 15.0 Å². The van der Waals surface area contributed by atoms with E-state index in [0.717, 1.165) is 11.4 Å². The molecule has 1 fully saturated rings. The lowest BCUT2D eigenvalue weighted by molar-refractivity contribution is -0.122. The predicted molar refractivity (Wildman–Crippen MR) is 146 cm³/mol. The minimum Gasteiger partial charge on any atom is -0.497 e. The van der Waals surface area contributed by atoms with Crippen molar-refractivity contribution in [2.45, 2.75) is 13.3 Å². The van der Waals surface area contributed by atoms with Crippen molar-refractivity contribution in [3.05, 3.63) is 77.8 Å². The molecule has 1 unspecified atom stereocenters. The number of nitrogens with one attached hydrogen (secondary N) is 1. The first-order chi connectivity index (χ1) is 18.9. The van der Waals surface area contributed by atoms with Gasteiger partial charge in [0, 0.05) is 29.7 Å². The fraction of sp³-hybridized carbons (Fsp3) is 0.185. The summed E-state index contributed by atoms with van der Waals surface area (Å²) in [6.45, 7) is 2.10. The number of halogens is 1. The number of ether oxygens (including phenoxy) is 1. The van der Waals surface area contributed by atoms with Crippen LogP contribution in [0.1, 0.15) is 12.1 Å². The van der Waals surface area contributed by atoms with E-state index in [9.17, 15) is 9.59 Å². The maximum absolute atomic E-state index is 13.3. The summed E-state index contributed by atoms with van der Waals surface area (Å²) >= 11 is 6.17. The largest absolute Gasteiger partial charge is 0.497 e. The zero-order chi connectivity index (χ0) is 27.1. The molecule has 1 N–H and O–H groups in total. The van der Waals surface area contributed by atoms with Crippen molar-refractivity contribution in [2.24, 2.45) is 5.92 Å². The topological polar surface area (TPSA) is 120 Å². The van der Waals surface area contributed by atoms with Crippen molar-refractivity contribution < 1.29 is 14.3 Å². The molecule has 0 spiro atoms. The van der Waals surface area contributed by atoms with Gasteiger partial charge in [0.05, 0.1) is 36.0 Å². The lowest BCUT2D eigenvalue weighted by Gasteiger charge is -2.17. The number of aryl methyl sites for hydroxylation is 1. The van der Waals surface area contributed by atoms with Crippen LogP contribution in [-0.2, 0) is 9.59 Å². The van der Waals surface area contributed by atoms with Gasteiger partial charge in [-0.3, -0.25) is 9.59 Å². The van der Waals surface area contributed by atoms with E-state index in [1.54, 1.807) is 70.0 Å². The zero-order valence-electron chi connectivity index (χ0n) is 21.1. The van der Waals surface area contributed by atoms with Crippen LogP contribution in [0.5, 0.6) is 5.75 Å². The van der Waals surface area contributed by atoms with Gasteiger partial charge in [-0.2, -0.15) is 14.9 Å². The number of hydrogen-bond acceptors (Lipinski definition) is 7. The lowest BCUT2D eigenvalue weighted by atomic mass is 10.1. The Balaban J connectivity index is 1.27. The molecule has 1 atom stereocenters. The summed E-state index contributed by atoms with van der Waals surface area (Å²) in [4.78, 5) is 36.5. The highest BCUT2D eigenvalue weighted by molar-refractivity contribution is 6.30. The molecule has 0 aliphatic carbocycles. The van der Waals surface area contributed by atoms with Crippen LogP contribution in [0.25, 0.3) is 22.5 Å². The Hall–Kier alpha value is -4.77. The normalized spacial score (nSPS) is 15.2. The average Bonchev–Trinajstić information content (AvgIpc) is 3.65. The number of benzene rings is 2. The molecule has 6 rings (SSSR count). The van der Waals surface area contributed by atoms with Crippen LogP contribution >= 0.6 is 11.6 Å². The molecule has 0 radical (unpaired) electrons. The van der Waals surface area contributed by atoms with Crippen LogP contribution < -0.4 is 15.0 Å². The van der Waals surface area contributed by atoms with Crippen LogP contribution in [-0.4, -0.2) is 55.0 Å². The molecule has 1 aliphatic rings. The number of carbonyl (C=O) groups excluding carboxylic acids is 2. The van der Waals surface area contributed by atoms with E-state index in [-0.39, 0.29) is 24.8 Å². The van der Waals surface area contributed by atoms with Gasteiger partial charge in [-0.1, -0.05) is 17.7 Å². The first-order valence-corrected chi connectivity index (χ1v) is 12.6. The number of methoxy groups -OCH3 is 1. The first kappa shape index (κ1) is 24.6. The molecule has 2 amide bonds. The molecule has 5 aromatic rings. The monoisotopic (exact) mass is 542 g/mol. The molecular formula is C27H23ClN8O3. The van der Waals surface area contributed by atoms with E-state index in [0.29, 0.717) is 39.1 Å². The lowest BCUT2D eigenvalue weighted by Crippen LogP contribution is -2.28. The second-order valence-corrected chi connectivity index (χ2v) is 9.58. The summed E-state index contributed by atoms with van der Waals surface area (Å²) in [5.41, 5.74) is 2.71. The van der Waals surface area contributed by atoms with Gasteiger partial charge >= 0.3 is 0 Å². The highest BCUT2D eigenvalue weighted by atomic mass is 35.5. The molecule has 196 valence electrons. The second-order valence-electron chi connectivity index (χ2n) is 9.15. The maximum Gasteiger partial charge on any atom is 0.230 e. The molecule has 11 nitrogen and oxygen atoms in total. The van der Waals surface area contributed by atoms with Crippen molar-refractivity contribution in [3.63, 3.8) is 0 Å². The van der Waals surface area contributed by atoms with E-state index >= 15 is 0 Å². The quantitative estimate of drug-likeness (QED) is 0.345. The molecule has 3 aromatic heterocycles. The smallest absolute Gasteiger partial charge is 0.230 e. The third kappa shape index (κ3) is 4.57. The Kier molecular flexibility index (Phi) is 6.20. The van der Waals surface area contributed by atoms with Gasteiger partial charge in [-0.15, -0.1) is 0 Å². The fourth-order valence-electron chi connectivity index (χ4n) is 4.67. The van der Waals surface area contributed by atoms with Crippen molar-refractivity contribution in [2.75, 3.05) is 23.9 Å². The van der Waals surface area contributed by atoms with Crippen LogP contribution in [0.2, 0.25) is 5.02 Å². The minimum absolute atomic E-state index is 0.106. The van der Waals surface area contributed by atoms with Crippen LogP contribution in [0, 0.1) is 12.8 Å². The van der Waals surface area contributed by atoms with Crippen molar-refractivity contribution in [3.8, 4) is 17.3 Å². The molecule has 1 saturated heterocycles. The van der Waals surface area contributed by atoms with Gasteiger partial charge in [0.2, 0.25) is 11.8 Å². The number of amides is 2. The number of anilines is 2. The summed E-state index contributed by atoms with van der Waals surface area (Å²) < 4.78 is 8.41. The summed E-state index contributed by atoms with van der Waals surface area (Å²) in [5, 5.41) is 13.2. The summed E-state index contributed by atoms with van der Waals surface area (Å²) in [7, 11) is 1.58. The van der Waals surface area contributed by atoms with Gasteiger partial charge in [0.25, 0.3) is 0 Å². The first-order valence-electron chi connectivity index (χ1n) is 12.2. The van der Waals surface area contributed by atoms with Crippen LogP contribution in [0.3, 0.4) is 0 Å². The average molecular weight is 543 g/mol. The van der Waals surface area contributed by atoms with Crippen LogP contribution in [0.15, 0.2) is 67.1 Å². The summed E-state index contributed by atoms with van der Waals surface area (Å²) in [5.74, 6) is 0.665. The van der Waals surface area contributed by atoms with Gasteiger partial charge in [-0.05, 0) is 49.4 Å². The fourth-order valence-corrected chi connectivity index (χ4v) is 4.86. The zero-order valence-corrected chi connectivity index (χ0v) is 21.8. The van der Waals surface area contributed by atoms with E-state index in [1.807, 2.05) is 19.1 Å². The Morgan fingerprint density at radius 3 is 2.67 bits per heavy atom.